The molecule has 1 unspecified atom stereocenters. The Labute approximate surface area is 194 Å². The van der Waals surface area contributed by atoms with Crippen molar-refractivity contribution in [1.29, 1.82) is 0 Å². The summed E-state index contributed by atoms with van der Waals surface area (Å²) in [6.07, 6.45) is -2.19. The predicted molar refractivity (Wildman–Crippen MR) is 123 cm³/mol. The maximum atomic E-state index is 13.8. The Morgan fingerprint density at radius 1 is 1.15 bits per heavy atom. The second kappa shape index (κ2) is 11.3. The van der Waals surface area contributed by atoms with Crippen molar-refractivity contribution >= 4 is 34.3 Å². The molecule has 0 spiro atoms. The molecule has 0 bridgehead atoms. The molecule has 10 heteroatoms. The SMILES string of the molecule is CN(Cc1cccc(F)c1Cl)C(CNCC(F)F)CN(C(=O)O)c1cc2ccccc2cn1. The Hall–Kier alpha value is -2.88. The number of pyridine rings is 1. The minimum atomic E-state index is -2.55. The minimum absolute atomic E-state index is 0.0325. The van der Waals surface area contributed by atoms with E-state index in [1.165, 1.54) is 12.1 Å². The van der Waals surface area contributed by atoms with E-state index in [0.717, 1.165) is 15.7 Å². The van der Waals surface area contributed by atoms with Gasteiger partial charge >= 0.3 is 6.09 Å². The average Bonchev–Trinajstić information content (AvgIpc) is 2.78. The fourth-order valence-corrected chi connectivity index (χ4v) is 3.67. The number of hydrogen-bond acceptors (Lipinski definition) is 4. The minimum Gasteiger partial charge on any atom is -0.465 e. The summed E-state index contributed by atoms with van der Waals surface area (Å²) >= 11 is 6.06. The topological polar surface area (TPSA) is 68.7 Å². The Balaban J connectivity index is 1.85. The van der Waals surface area contributed by atoms with Crippen LogP contribution in [0.3, 0.4) is 0 Å². The number of rotatable bonds is 10. The molecule has 0 aliphatic rings. The third-order valence-electron chi connectivity index (χ3n) is 5.27. The zero-order valence-corrected chi connectivity index (χ0v) is 18.6. The average molecular weight is 481 g/mol. The van der Waals surface area contributed by atoms with Crippen molar-refractivity contribution in [1.82, 2.24) is 15.2 Å². The molecule has 2 N–H and O–H groups in total. The molecule has 1 heterocycles. The van der Waals surface area contributed by atoms with Crippen LogP contribution in [0.15, 0.2) is 54.7 Å². The molecular weight excluding hydrogens is 457 g/mol. The molecule has 0 saturated heterocycles. The van der Waals surface area contributed by atoms with Crippen LogP contribution in [0.1, 0.15) is 5.56 Å². The Bertz CT molecular complexity index is 1100. The van der Waals surface area contributed by atoms with Crippen molar-refractivity contribution in [3.63, 3.8) is 0 Å². The zero-order chi connectivity index (χ0) is 24.0. The smallest absolute Gasteiger partial charge is 0.413 e. The summed E-state index contributed by atoms with van der Waals surface area (Å²) in [6, 6.07) is 13.0. The molecular formula is C23H24ClF3N4O2. The van der Waals surface area contributed by atoms with Crippen molar-refractivity contribution < 1.29 is 23.1 Å². The number of benzene rings is 2. The van der Waals surface area contributed by atoms with Crippen LogP contribution in [-0.4, -0.2) is 60.2 Å². The third kappa shape index (κ3) is 6.56. The molecule has 1 aromatic heterocycles. The van der Waals surface area contributed by atoms with Gasteiger partial charge in [0.15, 0.2) is 0 Å². The number of likely N-dealkylation sites (N-methyl/N-ethyl adjacent to an activating group) is 1. The maximum absolute atomic E-state index is 13.8. The lowest BCUT2D eigenvalue weighted by Crippen LogP contribution is -2.49. The van der Waals surface area contributed by atoms with E-state index in [-0.39, 0.29) is 30.5 Å². The lowest BCUT2D eigenvalue weighted by Gasteiger charge is -2.32. The summed E-state index contributed by atoms with van der Waals surface area (Å²) in [6.45, 7) is -0.325. The second-order valence-electron chi connectivity index (χ2n) is 7.61. The zero-order valence-electron chi connectivity index (χ0n) is 17.9. The summed E-state index contributed by atoms with van der Waals surface area (Å²) in [7, 11) is 1.70. The number of alkyl halides is 2. The van der Waals surface area contributed by atoms with E-state index in [4.69, 9.17) is 11.6 Å². The first-order valence-corrected chi connectivity index (χ1v) is 10.6. The number of amides is 1. The maximum Gasteiger partial charge on any atom is 0.413 e. The fraction of sp³-hybridized carbons (Fsp3) is 0.304. The highest BCUT2D eigenvalue weighted by molar-refractivity contribution is 6.31. The van der Waals surface area contributed by atoms with E-state index in [1.807, 2.05) is 24.3 Å². The highest BCUT2D eigenvalue weighted by atomic mass is 35.5. The molecule has 0 radical (unpaired) electrons. The van der Waals surface area contributed by atoms with E-state index in [2.05, 4.69) is 10.3 Å². The van der Waals surface area contributed by atoms with Crippen molar-refractivity contribution in [3.05, 3.63) is 71.1 Å². The first-order chi connectivity index (χ1) is 15.8. The number of nitrogens with one attached hydrogen (secondary N) is 1. The first-order valence-electron chi connectivity index (χ1n) is 10.2. The fourth-order valence-electron chi connectivity index (χ4n) is 3.49. The quantitative estimate of drug-likeness (QED) is 0.433. The number of carbonyl (C=O) groups is 1. The Morgan fingerprint density at radius 3 is 2.58 bits per heavy atom. The summed E-state index contributed by atoms with van der Waals surface area (Å²) in [5.74, 6) is -0.347. The first kappa shape index (κ1) is 24.8. The molecule has 0 saturated carbocycles. The van der Waals surface area contributed by atoms with Gasteiger partial charge in [0.25, 0.3) is 6.43 Å². The third-order valence-corrected chi connectivity index (χ3v) is 5.69. The van der Waals surface area contributed by atoms with Crippen molar-refractivity contribution in [2.24, 2.45) is 0 Å². The van der Waals surface area contributed by atoms with Crippen molar-refractivity contribution in [3.8, 4) is 0 Å². The standard InChI is InChI=1S/C23H24ClF3N4O2/c1-30(13-17-7-4-8-19(25)22(17)24)18(11-28-12-20(26)27)14-31(23(32)33)21-9-15-5-2-3-6-16(15)10-29-21/h2-10,18,20,28H,11-14H2,1H3,(H,32,33). The summed E-state index contributed by atoms with van der Waals surface area (Å²) in [5, 5.41) is 14.2. The molecule has 6 nitrogen and oxygen atoms in total. The van der Waals surface area contributed by atoms with Gasteiger partial charge in [-0.15, -0.1) is 0 Å². The number of anilines is 1. The van der Waals surface area contributed by atoms with Crippen LogP contribution in [0.2, 0.25) is 5.02 Å². The molecule has 1 amide bonds. The lowest BCUT2D eigenvalue weighted by molar-refractivity contribution is 0.139. The van der Waals surface area contributed by atoms with E-state index in [0.29, 0.717) is 5.56 Å². The Kier molecular flexibility index (Phi) is 8.49. The van der Waals surface area contributed by atoms with Gasteiger partial charge in [0.2, 0.25) is 0 Å². The molecule has 2 aromatic carbocycles. The number of fused-ring (bicyclic) bond motifs is 1. The van der Waals surface area contributed by atoms with Crippen LogP contribution in [0.5, 0.6) is 0 Å². The van der Waals surface area contributed by atoms with Crippen molar-refractivity contribution in [2.45, 2.75) is 19.0 Å². The molecule has 3 rings (SSSR count). The van der Waals surface area contributed by atoms with E-state index < -0.39 is 30.9 Å². The van der Waals surface area contributed by atoms with Gasteiger partial charge in [-0.05, 0) is 30.1 Å². The van der Waals surface area contributed by atoms with Crippen LogP contribution in [-0.2, 0) is 6.54 Å². The van der Waals surface area contributed by atoms with Gasteiger partial charge in [-0.1, -0.05) is 48.0 Å². The number of carboxylic acid groups (broad SMARTS) is 1. The molecule has 3 aromatic rings. The number of aromatic nitrogens is 1. The Morgan fingerprint density at radius 2 is 1.88 bits per heavy atom. The molecule has 0 aliphatic heterocycles. The normalized spacial score (nSPS) is 12.5. The predicted octanol–water partition coefficient (Wildman–Crippen LogP) is 4.87. The number of halogens is 4. The van der Waals surface area contributed by atoms with Crippen LogP contribution in [0.25, 0.3) is 10.8 Å². The molecule has 0 aliphatic carbocycles. The summed E-state index contributed by atoms with van der Waals surface area (Å²) < 4.78 is 39.2. The van der Waals surface area contributed by atoms with Crippen molar-refractivity contribution in [2.75, 3.05) is 31.6 Å². The summed E-state index contributed by atoms with van der Waals surface area (Å²) in [4.78, 5) is 19.2. The van der Waals surface area contributed by atoms with Crippen LogP contribution in [0.4, 0.5) is 23.8 Å². The lowest BCUT2D eigenvalue weighted by atomic mass is 10.1. The molecule has 33 heavy (non-hydrogen) atoms. The van der Waals surface area contributed by atoms with Gasteiger partial charge in [-0.3, -0.25) is 9.80 Å². The number of hydrogen-bond donors (Lipinski definition) is 2. The molecule has 176 valence electrons. The van der Waals surface area contributed by atoms with Gasteiger partial charge in [0.1, 0.15) is 11.6 Å². The number of nitrogens with zero attached hydrogens (tertiary/aromatic N) is 3. The molecule has 0 fully saturated rings. The molecule has 1 atom stereocenters. The monoisotopic (exact) mass is 480 g/mol. The van der Waals surface area contributed by atoms with E-state index >= 15 is 0 Å². The highest BCUT2D eigenvalue weighted by Crippen LogP contribution is 2.23. The van der Waals surface area contributed by atoms with Gasteiger partial charge in [0.05, 0.1) is 11.6 Å². The van der Waals surface area contributed by atoms with Crippen LogP contribution in [0, 0.1) is 5.82 Å². The largest absolute Gasteiger partial charge is 0.465 e. The van der Waals surface area contributed by atoms with Crippen LogP contribution < -0.4 is 10.2 Å². The summed E-state index contributed by atoms with van der Waals surface area (Å²) in [5.41, 5.74) is 0.503. The van der Waals surface area contributed by atoms with Gasteiger partial charge in [-0.25, -0.2) is 22.9 Å². The van der Waals surface area contributed by atoms with Gasteiger partial charge in [0, 0.05) is 37.3 Å². The second-order valence-corrected chi connectivity index (χ2v) is 7.99. The van der Waals surface area contributed by atoms with Gasteiger partial charge < -0.3 is 10.4 Å². The van der Waals surface area contributed by atoms with E-state index in [1.54, 1.807) is 30.3 Å². The highest BCUT2D eigenvalue weighted by Gasteiger charge is 2.25. The van der Waals surface area contributed by atoms with Gasteiger partial charge in [-0.2, -0.15) is 0 Å². The van der Waals surface area contributed by atoms with E-state index in [9.17, 15) is 23.1 Å². The van der Waals surface area contributed by atoms with Crippen LogP contribution >= 0.6 is 11.6 Å².